The van der Waals surface area contributed by atoms with E-state index in [9.17, 15) is 9.90 Å². The molecule has 0 radical (unpaired) electrons. The lowest BCUT2D eigenvalue weighted by molar-refractivity contribution is -0.141. The molecule has 1 fully saturated rings. The predicted molar refractivity (Wildman–Crippen MR) is 39.0 cm³/mol. The van der Waals surface area contributed by atoms with Crippen LogP contribution < -0.4 is 5.73 Å². The van der Waals surface area contributed by atoms with Gasteiger partial charge in [-0.15, -0.1) is 0 Å². The Bertz CT molecular complexity index is 165. The minimum Gasteiger partial charge on any atom is -0.480 e. The summed E-state index contributed by atoms with van der Waals surface area (Å²) < 4.78 is 0. The Morgan fingerprint density at radius 3 is 2.45 bits per heavy atom. The SMILES string of the molecule is N[C@H](CC1(O)CCC1)C(=O)O. The zero-order valence-corrected chi connectivity index (χ0v) is 6.29. The number of hydrogen-bond donors (Lipinski definition) is 3. The van der Waals surface area contributed by atoms with Gasteiger partial charge in [-0.05, 0) is 19.3 Å². The van der Waals surface area contributed by atoms with E-state index in [-0.39, 0.29) is 6.42 Å². The van der Waals surface area contributed by atoms with Gasteiger partial charge in [0, 0.05) is 6.42 Å². The molecule has 0 aromatic carbocycles. The van der Waals surface area contributed by atoms with Crippen LogP contribution in [0.25, 0.3) is 0 Å². The second-order valence-corrected chi connectivity index (χ2v) is 3.23. The summed E-state index contributed by atoms with van der Waals surface area (Å²) in [5.74, 6) is -1.04. The first kappa shape index (κ1) is 8.49. The molecule has 0 aliphatic heterocycles. The van der Waals surface area contributed by atoms with E-state index in [1.165, 1.54) is 0 Å². The quantitative estimate of drug-likeness (QED) is 0.528. The van der Waals surface area contributed by atoms with E-state index in [2.05, 4.69) is 0 Å². The van der Waals surface area contributed by atoms with Gasteiger partial charge in [0.1, 0.15) is 6.04 Å². The molecule has 4 N–H and O–H groups in total. The van der Waals surface area contributed by atoms with Gasteiger partial charge >= 0.3 is 5.97 Å². The van der Waals surface area contributed by atoms with Crippen LogP contribution in [0.2, 0.25) is 0 Å². The van der Waals surface area contributed by atoms with E-state index < -0.39 is 17.6 Å². The highest BCUT2D eigenvalue weighted by Crippen LogP contribution is 2.35. The lowest BCUT2D eigenvalue weighted by Crippen LogP contribution is -2.45. The van der Waals surface area contributed by atoms with E-state index in [1.54, 1.807) is 0 Å². The van der Waals surface area contributed by atoms with Gasteiger partial charge in [-0.2, -0.15) is 0 Å². The minimum absolute atomic E-state index is 0.183. The van der Waals surface area contributed by atoms with E-state index in [0.717, 1.165) is 6.42 Å². The first-order valence-electron chi connectivity index (χ1n) is 3.74. The fourth-order valence-electron chi connectivity index (χ4n) is 1.29. The van der Waals surface area contributed by atoms with Crippen molar-refractivity contribution in [3.63, 3.8) is 0 Å². The smallest absolute Gasteiger partial charge is 0.320 e. The maximum absolute atomic E-state index is 10.3. The van der Waals surface area contributed by atoms with Gasteiger partial charge in [-0.1, -0.05) is 0 Å². The van der Waals surface area contributed by atoms with E-state index in [4.69, 9.17) is 10.8 Å². The van der Waals surface area contributed by atoms with Gasteiger partial charge < -0.3 is 15.9 Å². The number of aliphatic carboxylic acids is 1. The van der Waals surface area contributed by atoms with Crippen molar-refractivity contribution in [2.75, 3.05) is 0 Å². The average Bonchev–Trinajstić information content (AvgIpc) is 1.84. The second kappa shape index (κ2) is 2.79. The molecule has 0 aromatic rings. The summed E-state index contributed by atoms with van der Waals surface area (Å²) in [4.78, 5) is 10.3. The maximum atomic E-state index is 10.3. The zero-order valence-electron chi connectivity index (χ0n) is 6.29. The van der Waals surface area contributed by atoms with E-state index in [0.29, 0.717) is 12.8 Å². The summed E-state index contributed by atoms with van der Waals surface area (Å²) in [7, 11) is 0. The summed E-state index contributed by atoms with van der Waals surface area (Å²) in [6.07, 6.45) is 2.53. The van der Waals surface area contributed by atoms with Crippen LogP contribution in [0.15, 0.2) is 0 Å². The molecule has 1 aliphatic rings. The third-order valence-corrected chi connectivity index (χ3v) is 2.20. The van der Waals surface area contributed by atoms with Crippen LogP contribution in [0.4, 0.5) is 0 Å². The van der Waals surface area contributed by atoms with E-state index >= 15 is 0 Å². The Kier molecular flexibility index (Phi) is 2.15. The normalized spacial score (nSPS) is 23.8. The van der Waals surface area contributed by atoms with Crippen LogP contribution in [0, 0.1) is 0 Å². The first-order chi connectivity index (χ1) is 5.03. The second-order valence-electron chi connectivity index (χ2n) is 3.23. The Morgan fingerprint density at radius 1 is 1.64 bits per heavy atom. The van der Waals surface area contributed by atoms with Crippen LogP contribution >= 0.6 is 0 Å². The molecule has 4 nitrogen and oxygen atoms in total. The van der Waals surface area contributed by atoms with Crippen molar-refractivity contribution in [1.29, 1.82) is 0 Å². The topological polar surface area (TPSA) is 83.5 Å². The number of rotatable bonds is 3. The van der Waals surface area contributed by atoms with Crippen molar-refractivity contribution in [2.45, 2.75) is 37.3 Å². The van der Waals surface area contributed by atoms with Crippen molar-refractivity contribution >= 4 is 5.97 Å². The highest BCUT2D eigenvalue weighted by Gasteiger charge is 2.37. The van der Waals surface area contributed by atoms with Crippen LogP contribution in [0.1, 0.15) is 25.7 Å². The van der Waals surface area contributed by atoms with E-state index in [1.807, 2.05) is 0 Å². The number of carboxylic acids is 1. The van der Waals surface area contributed by atoms with Crippen molar-refractivity contribution in [3.05, 3.63) is 0 Å². The number of hydrogen-bond acceptors (Lipinski definition) is 3. The molecule has 1 saturated carbocycles. The zero-order chi connectivity index (χ0) is 8.48. The first-order valence-corrected chi connectivity index (χ1v) is 3.74. The molecular formula is C7H13NO3. The molecule has 1 aliphatic carbocycles. The van der Waals surface area contributed by atoms with Gasteiger partial charge in [0.15, 0.2) is 0 Å². The molecule has 0 aromatic heterocycles. The van der Waals surface area contributed by atoms with Crippen LogP contribution in [-0.4, -0.2) is 27.8 Å². The molecule has 11 heavy (non-hydrogen) atoms. The van der Waals surface area contributed by atoms with Crippen LogP contribution in [0.5, 0.6) is 0 Å². The number of nitrogens with two attached hydrogens (primary N) is 1. The van der Waals surface area contributed by atoms with Crippen LogP contribution in [-0.2, 0) is 4.79 Å². The van der Waals surface area contributed by atoms with Crippen molar-refractivity contribution < 1.29 is 15.0 Å². The third-order valence-electron chi connectivity index (χ3n) is 2.20. The third kappa shape index (κ3) is 1.91. The van der Waals surface area contributed by atoms with Gasteiger partial charge in [0.2, 0.25) is 0 Å². The lowest BCUT2D eigenvalue weighted by atomic mass is 9.76. The highest BCUT2D eigenvalue weighted by molar-refractivity contribution is 5.73. The molecule has 1 atom stereocenters. The van der Waals surface area contributed by atoms with Crippen molar-refractivity contribution in [2.24, 2.45) is 5.73 Å². The Morgan fingerprint density at radius 2 is 2.18 bits per heavy atom. The molecule has 4 heteroatoms. The molecule has 0 amide bonds. The Balaban J connectivity index is 2.35. The van der Waals surface area contributed by atoms with Crippen LogP contribution in [0.3, 0.4) is 0 Å². The summed E-state index contributed by atoms with van der Waals surface area (Å²) in [5.41, 5.74) is 4.47. The van der Waals surface area contributed by atoms with Crippen molar-refractivity contribution in [1.82, 2.24) is 0 Å². The largest absolute Gasteiger partial charge is 0.480 e. The monoisotopic (exact) mass is 159 g/mol. The van der Waals surface area contributed by atoms with Gasteiger partial charge in [0.25, 0.3) is 0 Å². The molecule has 0 heterocycles. The summed E-state index contributed by atoms with van der Waals surface area (Å²) in [6, 6.07) is -0.916. The average molecular weight is 159 g/mol. The molecule has 64 valence electrons. The minimum atomic E-state index is -1.04. The molecule has 0 bridgehead atoms. The van der Waals surface area contributed by atoms with Gasteiger partial charge in [-0.3, -0.25) is 4.79 Å². The Labute approximate surface area is 65.0 Å². The van der Waals surface area contributed by atoms with Crippen molar-refractivity contribution in [3.8, 4) is 0 Å². The molecular weight excluding hydrogens is 146 g/mol. The summed E-state index contributed by atoms with van der Waals surface area (Å²) >= 11 is 0. The maximum Gasteiger partial charge on any atom is 0.320 e. The number of carbonyl (C=O) groups is 1. The Hall–Kier alpha value is -0.610. The fourth-order valence-corrected chi connectivity index (χ4v) is 1.29. The molecule has 0 unspecified atom stereocenters. The van der Waals surface area contributed by atoms with Gasteiger partial charge in [0.05, 0.1) is 5.60 Å². The highest BCUT2D eigenvalue weighted by atomic mass is 16.4. The predicted octanol–water partition coefficient (Wildman–Crippen LogP) is -0.297. The summed E-state index contributed by atoms with van der Waals surface area (Å²) in [5, 5.41) is 17.9. The lowest BCUT2D eigenvalue weighted by Gasteiger charge is -2.37. The molecule has 0 saturated heterocycles. The number of carboxylic acid groups (broad SMARTS) is 1. The molecule has 1 rings (SSSR count). The fraction of sp³-hybridized carbons (Fsp3) is 0.857. The number of aliphatic hydroxyl groups is 1. The summed E-state index contributed by atoms with van der Waals surface area (Å²) in [6.45, 7) is 0. The van der Waals surface area contributed by atoms with Gasteiger partial charge in [-0.25, -0.2) is 0 Å². The molecule has 0 spiro atoms. The standard InChI is InChI=1S/C7H13NO3/c8-5(6(9)10)4-7(11)2-1-3-7/h5,11H,1-4,8H2,(H,9,10)/t5-/m1/s1.